The minimum atomic E-state index is -1.38. The van der Waals surface area contributed by atoms with Gasteiger partial charge >= 0.3 is 5.97 Å². The number of carbonyl (C=O) groups excluding carboxylic acids is 3. The number of imidazole rings is 1. The summed E-state index contributed by atoms with van der Waals surface area (Å²) in [5.41, 5.74) is 6.77. The van der Waals surface area contributed by atoms with Crippen LogP contribution in [-0.2, 0) is 32.0 Å². The molecule has 13 heteroatoms. The normalized spacial score (nSPS) is 14.3. The van der Waals surface area contributed by atoms with Crippen LogP contribution >= 0.6 is 12.6 Å². The van der Waals surface area contributed by atoms with Crippen LogP contribution in [0.4, 0.5) is 0 Å². The van der Waals surface area contributed by atoms with E-state index in [2.05, 4.69) is 38.5 Å². The molecular formula is C21H28N6O6S. The maximum absolute atomic E-state index is 13.0. The summed E-state index contributed by atoms with van der Waals surface area (Å²) in [6.07, 6.45) is 2.82. The SMILES string of the molecule is NC(CS)C(=O)NC(CO)C(=O)NC(Cc1cnc[nH]1)C(=O)NC(Cc1ccccc1)C(=O)O. The number of aliphatic hydroxyl groups excluding tert-OH is 1. The number of rotatable bonds is 13. The number of thiol groups is 1. The molecule has 1 aromatic carbocycles. The fraction of sp³-hybridized carbons (Fsp3) is 0.381. The average Bonchev–Trinajstić information content (AvgIpc) is 3.34. The lowest BCUT2D eigenvalue weighted by atomic mass is 10.0. The van der Waals surface area contributed by atoms with E-state index in [0.717, 1.165) is 0 Å². The minimum Gasteiger partial charge on any atom is -0.480 e. The summed E-state index contributed by atoms with van der Waals surface area (Å²) in [5, 5.41) is 26.3. The molecule has 12 nitrogen and oxygen atoms in total. The first-order valence-electron chi connectivity index (χ1n) is 10.4. The molecule has 2 aromatic rings. The Morgan fingerprint density at radius 3 is 2.15 bits per heavy atom. The third-order valence-corrected chi connectivity index (χ3v) is 5.25. The van der Waals surface area contributed by atoms with Gasteiger partial charge in [0.2, 0.25) is 17.7 Å². The van der Waals surface area contributed by atoms with E-state index in [4.69, 9.17) is 5.73 Å². The third-order valence-electron chi connectivity index (χ3n) is 4.86. The van der Waals surface area contributed by atoms with E-state index >= 15 is 0 Å². The molecule has 8 N–H and O–H groups in total. The number of amides is 3. The van der Waals surface area contributed by atoms with E-state index in [0.29, 0.717) is 11.3 Å². The van der Waals surface area contributed by atoms with Crippen molar-refractivity contribution in [1.82, 2.24) is 25.9 Å². The molecule has 4 unspecified atom stereocenters. The quantitative estimate of drug-likeness (QED) is 0.146. The van der Waals surface area contributed by atoms with Gasteiger partial charge < -0.3 is 36.9 Å². The smallest absolute Gasteiger partial charge is 0.326 e. The first kappa shape index (κ1) is 26.8. The highest BCUT2D eigenvalue weighted by Crippen LogP contribution is 2.06. The van der Waals surface area contributed by atoms with Gasteiger partial charge in [-0.25, -0.2) is 9.78 Å². The van der Waals surface area contributed by atoms with E-state index < -0.39 is 54.5 Å². The van der Waals surface area contributed by atoms with Crippen molar-refractivity contribution in [3.63, 3.8) is 0 Å². The Hall–Kier alpha value is -3.42. The lowest BCUT2D eigenvalue weighted by Gasteiger charge is -2.24. The summed E-state index contributed by atoms with van der Waals surface area (Å²) in [7, 11) is 0. The van der Waals surface area contributed by atoms with Crippen LogP contribution < -0.4 is 21.7 Å². The summed E-state index contributed by atoms with van der Waals surface area (Å²) in [4.78, 5) is 56.1. The number of carbonyl (C=O) groups is 4. The van der Waals surface area contributed by atoms with E-state index in [1.165, 1.54) is 12.5 Å². The summed E-state index contributed by atoms with van der Waals surface area (Å²) in [5.74, 6) is -3.54. The molecular weight excluding hydrogens is 464 g/mol. The molecule has 3 amide bonds. The number of benzene rings is 1. The number of nitrogens with one attached hydrogen (secondary N) is 4. The van der Waals surface area contributed by atoms with Gasteiger partial charge in [0.1, 0.15) is 18.1 Å². The number of aromatic amines is 1. The van der Waals surface area contributed by atoms with Crippen LogP contribution in [0.1, 0.15) is 11.3 Å². The topological polar surface area (TPSA) is 200 Å². The standard InChI is InChI=1S/C21H28N6O6S/c22-14(10-34)18(29)27-17(9-28)20(31)25-15(7-13-8-23-11-24-13)19(30)26-16(21(32)33)6-12-4-2-1-3-5-12/h1-5,8,11,14-17,28,34H,6-7,9-10,22H2,(H,23,24)(H,25,31)(H,26,30)(H,27,29)(H,32,33). The minimum absolute atomic E-state index is 0.0223. The molecule has 34 heavy (non-hydrogen) atoms. The second-order valence-corrected chi connectivity index (χ2v) is 7.83. The number of carboxylic acids is 1. The van der Waals surface area contributed by atoms with Crippen LogP contribution in [0.5, 0.6) is 0 Å². The number of aromatic nitrogens is 2. The Labute approximate surface area is 201 Å². The molecule has 0 bridgehead atoms. The van der Waals surface area contributed by atoms with Crippen molar-refractivity contribution < 1.29 is 29.4 Å². The Kier molecular flexibility index (Phi) is 10.5. The second kappa shape index (κ2) is 13.3. The predicted molar refractivity (Wildman–Crippen MR) is 125 cm³/mol. The molecule has 0 aliphatic rings. The van der Waals surface area contributed by atoms with Crippen LogP contribution in [0.15, 0.2) is 42.9 Å². The van der Waals surface area contributed by atoms with Crippen LogP contribution in [0, 0.1) is 0 Å². The molecule has 0 fully saturated rings. The number of nitrogens with two attached hydrogens (primary N) is 1. The van der Waals surface area contributed by atoms with Crippen LogP contribution in [0.2, 0.25) is 0 Å². The van der Waals surface area contributed by atoms with E-state index in [1.807, 2.05) is 0 Å². The van der Waals surface area contributed by atoms with Gasteiger partial charge in [-0.1, -0.05) is 30.3 Å². The van der Waals surface area contributed by atoms with E-state index in [1.54, 1.807) is 30.3 Å². The molecule has 0 spiro atoms. The van der Waals surface area contributed by atoms with Crippen LogP contribution in [0.3, 0.4) is 0 Å². The van der Waals surface area contributed by atoms with Crippen molar-refractivity contribution in [3.05, 3.63) is 54.1 Å². The van der Waals surface area contributed by atoms with E-state index in [9.17, 15) is 29.4 Å². The van der Waals surface area contributed by atoms with Gasteiger partial charge in [0, 0.05) is 30.5 Å². The molecule has 0 saturated carbocycles. The van der Waals surface area contributed by atoms with Gasteiger partial charge in [-0.2, -0.15) is 12.6 Å². The Balaban J connectivity index is 2.15. The zero-order valence-electron chi connectivity index (χ0n) is 18.2. The molecule has 0 aliphatic heterocycles. The molecule has 1 heterocycles. The highest BCUT2D eigenvalue weighted by atomic mass is 32.1. The number of carboxylic acid groups (broad SMARTS) is 1. The first-order chi connectivity index (χ1) is 16.2. The Morgan fingerprint density at radius 2 is 1.59 bits per heavy atom. The maximum atomic E-state index is 13.0. The zero-order chi connectivity index (χ0) is 25.1. The molecule has 184 valence electrons. The third kappa shape index (κ3) is 8.17. The molecule has 1 aromatic heterocycles. The summed E-state index contributed by atoms with van der Waals surface area (Å²) in [6.45, 7) is -0.749. The van der Waals surface area contributed by atoms with Crippen molar-refractivity contribution in [2.45, 2.75) is 37.0 Å². The van der Waals surface area contributed by atoms with Gasteiger partial charge in [0.25, 0.3) is 0 Å². The fourth-order valence-corrected chi connectivity index (χ4v) is 3.14. The first-order valence-corrected chi connectivity index (χ1v) is 11.0. The molecule has 2 rings (SSSR count). The van der Waals surface area contributed by atoms with Gasteiger partial charge in [0.05, 0.1) is 19.0 Å². The monoisotopic (exact) mass is 492 g/mol. The summed E-state index contributed by atoms with van der Waals surface area (Å²) in [6, 6.07) is 3.89. The number of H-pyrrole nitrogens is 1. The summed E-state index contributed by atoms with van der Waals surface area (Å²) >= 11 is 3.91. The second-order valence-electron chi connectivity index (χ2n) is 7.46. The molecule has 0 radical (unpaired) electrons. The Bertz CT molecular complexity index is 958. The maximum Gasteiger partial charge on any atom is 0.326 e. The number of nitrogens with zero attached hydrogens (tertiary/aromatic N) is 1. The Morgan fingerprint density at radius 1 is 0.971 bits per heavy atom. The van der Waals surface area contributed by atoms with Crippen LogP contribution in [-0.4, -0.2) is 80.4 Å². The van der Waals surface area contributed by atoms with Gasteiger partial charge in [0.15, 0.2) is 0 Å². The van der Waals surface area contributed by atoms with Gasteiger partial charge in [-0.3, -0.25) is 14.4 Å². The molecule has 0 saturated heterocycles. The number of hydrogen-bond donors (Lipinski definition) is 8. The number of hydrogen-bond acceptors (Lipinski definition) is 8. The van der Waals surface area contributed by atoms with Crippen molar-refractivity contribution in [1.29, 1.82) is 0 Å². The van der Waals surface area contributed by atoms with Crippen LogP contribution in [0.25, 0.3) is 0 Å². The highest BCUT2D eigenvalue weighted by Gasteiger charge is 2.30. The van der Waals surface area contributed by atoms with Gasteiger partial charge in [-0.05, 0) is 5.56 Å². The highest BCUT2D eigenvalue weighted by molar-refractivity contribution is 7.80. The average molecular weight is 493 g/mol. The molecule has 4 atom stereocenters. The van der Waals surface area contributed by atoms with Crippen molar-refractivity contribution in [3.8, 4) is 0 Å². The lowest BCUT2D eigenvalue weighted by Crippen LogP contribution is -2.58. The van der Waals surface area contributed by atoms with Crippen molar-refractivity contribution >= 4 is 36.3 Å². The van der Waals surface area contributed by atoms with Gasteiger partial charge in [-0.15, -0.1) is 0 Å². The molecule has 0 aliphatic carbocycles. The van der Waals surface area contributed by atoms with Crippen molar-refractivity contribution in [2.75, 3.05) is 12.4 Å². The number of aliphatic hydroxyl groups is 1. The number of aliphatic carboxylic acids is 1. The summed E-state index contributed by atoms with van der Waals surface area (Å²) < 4.78 is 0. The van der Waals surface area contributed by atoms with Crippen molar-refractivity contribution in [2.24, 2.45) is 5.73 Å². The fourth-order valence-electron chi connectivity index (χ4n) is 2.98. The lowest BCUT2D eigenvalue weighted by molar-refractivity contribution is -0.142. The zero-order valence-corrected chi connectivity index (χ0v) is 19.1. The largest absolute Gasteiger partial charge is 0.480 e. The van der Waals surface area contributed by atoms with E-state index in [-0.39, 0.29) is 18.6 Å². The predicted octanol–water partition coefficient (Wildman–Crippen LogP) is -2.02.